The van der Waals surface area contributed by atoms with Gasteiger partial charge in [-0.3, -0.25) is 19.3 Å². The van der Waals surface area contributed by atoms with Gasteiger partial charge in [0.2, 0.25) is 17.7 Å². The zero-order valence-corrected chi connectivity index (χ0v) is 23.7. The van der Waals surface area contributed by atoms with Gasteiger partial charge >= 0.3 is 0 Å². The number of carbonyl (C=O) groups excluding carboxylic acids is 3. The van der Waals surface area contributed by atoms with Gasteiger partial charge in [-0.25, -0.2) is 0 Å². The van der Waals surface area contributed by atoms with Gasteiger partial charge in [0.15, 0.2) is 0 Å². The molecule has 1 aliphatic heterocycles. The molecule has 0 aromatic heterocycles. The second kappa shape index (κ2) is 14.5. The molecule has 0 spiro atoms. The molecular weight excluding hydrogens is 512 g/mol. The first kappa shape index (κ1) is 29.1. The van der Waals surface area contributed by atoms with Gasteiger partial charge in [0.25, 0.3) is 0 Å². The molecule has 2 N–H and O–H groups in total. The van der Waals surface area contributed by atoms with Crippen LogP contribution in [0.3, 0.4) is 0 Å². The molecule has 0 radical (unpaired) electrons. The maximum absolute atomic E-state index is 13.5. The van der Waals surface area contributed by atoms with E-state index in [0.29, 0.717) is 38.3 Å². The smallest absolute Gasteiger partial charge is 0.245 e. The van der Waals surface area contributed by atoms with E-state index in [4.69, 9.17) is 11.6 Å². The summed E-state index contributed by atoms with van der Waals surface area (Å²) in [5.74, 6) is 0.363. The summed E-state index contributed by atoms with van der Waals surface area (Å²) in [6.07, 6.45) is 7.31. The van der Waals surface area contributed by atoms with E-state index in [-0.39, 0.29) is 17.7 Å². The number of anilines is 1. The average molecular weight is 553 g/mol. The van der Waals surface area contributed by atoms with Crippen molar-refractivity contribution in [3.63, 3.8) is 0 Å². The highest BCUT2D eigenvalue weighted by Gasteiger charge is 2.29. The van der Waals surface area contributed by atoms with Crippen molar-refractivity contribution in [3.8, 4) is 0 Å². The minimum absolute atomic E-state index is 0.0518. The number of rotatable bonds is 10. The summed E-state index contributed by atoms with van der Waals surface area (Å²) in [4.78, 5) is 42.4. The minimum Gasteiger partial charge on any atom is -0.344 e. The Bertz CT molecular complexity index is 1110. The summed E-state index contributed by atoms with van der Waals surface area (Å²) < 4.78 is 0. The van der Waals surface area contributed by atoms with Gasteiger partial charge < -0.3 is 15.5 Å². The predicted molar refractivity (Wildman–Crippen MR) is 155 cm³/mol. The molecule has 39 heavy (non-hydrogen) atoms. The molecule has 0 bridgehead atoms. The van der Waals surface area contributed by atoms with Crippen molar-refractivity contribution in [2.24, 2.45) is 5.92 Å². The van der Waals surface area contributed by atoms with E-state index < -0.39 is 6.04 Å². The number of halogens is 1. The zero-order valence-electron chi connectivity index (χ0n) is 23.0. The van der Waals surface area contributed by atoms with Crippen molar-refractivity contribution in [3.05, 3.63) is 64.7 Å². The van der Waals surface area contributed by atoms with Crippen LogP contribution in [0.2, 0.25) is 5.02 Å². The fourth-order valence-corrected chi connectivity index (χ4v) is 5.77. The molecule has 8 heteroatoms. The number of carbonyl (C=O) groups is 3. The van der Waals surface area contributed by atoms with Crippen LogP contribution in [0, 0.1) is 5.92 Å². The highest BCUT2D eigenvalue weighted by atomic mass is 35.5. The molecule has 2 aliphatic rings. The average Bonchev–Trinajstić information content (AvgIpc) is 2.94. The summed E-state index contributed by atoms with van der Waals surface area (Å²) >= 11 is 6.12. The van der Waals surface area contributed by atoms with Crippen LogP contribution in [-0.2, 0) is 27.3 Å². The normalized spacial score (nSPS) is 17.4. The molecule has 2 aromatic carbocycles. The third-order valence-electron chi connectivity index (χ3n) is 7.81. The van der Waals surface area contributed by atoms with Gasteiger partial charge in [-0.15, -0.1) is 0 Å². The van der Waals surface area contributed by atoms with Crippen molar-refractivity contribution in [2.45, 2.75) is 70.9 Å². The van der Waals surface area contributed by atoms with E-state index >= 15 is 0 Å². The van der Waals surface area contributed by atoms with Crippen LogP contribution in [0.5, 0.6) is 0 Å². The lowest BCUT2D eigenvalue weighted by Crippen LogP contribution is -2.55. The van der Waals surface area contributed by atoms with E-state index in [0.717, 1.165) is 54.3 Å². The van der Waals surface area contributed by atoms with Crippen molar-refractivity contribution >= 4 is 35.0 Å². The fraction of sp³-hybridized carbons (Fsp3) is 0.516. The van der Waals surface area contributed by atoms with Crippen LogP contribution in [0.15, 0.2) is 48.5 Å². The van der Waals surface area contributed by atoms with Gasteiger partial charge in [0.1, 0.15) is 6.04 Å². The fourth-order valence-electron chi connectivity index (χ4n) is 5.56. The number of nitrogens with one attached hydrogen (secondary N) is 2. The predicted octanol–water partition coefficient (Wildman–Crippen LogP) is 5.03. The second-order valence-electron chi connectivity index (χ2n) is 10.9. The maximum atomic E-state index is 13.5. The Hall–Kier alpha value is -2.90. The number of amides is 3. The van der Waals surface area contributed by atoms with E-state index in [2.05, 4.69) is 21.6 Å². The molecule has 0 unspecified atom stereocenters. The Balaban J connectivity index is 1.31. The second-order valence-corrected chi connectivity index (χ2v) is 11.3. The topological polar surface area (TPSA) is 81.8 Å². The molecule has 3 amide bonds. The summed E-state index contributed by atoms with van der Waals surface area (Å²) in [6, 6.07) is 14.9. The molecule has 1 heterocycles. The molecule has 2 fully saturated rings. The number of benzene rings is 2. The lowest BCUT2D eigenvalue weighted by Gasteiger charge is -2.36. The Labute approximate surface area is 237 Å². The van der Waals surface area contributed by atoms with Crippen LogP contribution < -0.4 is 10.6 Å². The van der Waals surface area contributed by atoms with Gasteiger partial charge in [-0.1, -0.05) is 62.1 Å². The molecule has 1 saturated heterocycles. The van der Waals surface area contributed by atoms with Gasteiger partial charge in [0.05, 0.1) is 0 Å². The van der Waals surface area contributed by atoms with Crippen LogP contribution >= 0.6 is 11.6 Å². The minimum atomic E-state index is -0.622. The summed E-state index contributed by atoms with van der Waals surface area (Å²) in [5, 5.41) is 6.68. The Morgan fingerprint density at radius 1 is 0.923 bits per heavy atom. The first-order valence-electron chi connectivity index (χ1n) is 14.3. The van der Waals surface area contributed by atoms with E-state index in [9.17, 15) is 14.4 Å². The van der Waals surface area contributed by atoms with Gasteiger partial charge in [-0.2, -0.15) is 0 Å². The SMILES string of the molecule is CCC(=O)N[C@H](Cc1ccc(NC(=O)CC2CCCCC2)cc1)C(=O)N1CCN(Cc2cccc(Cl)c2)CC1. The Morgan fingerprint density at radius 3 is 2.31 bits per heavy atom. The van der Waals surface area contributed by atoms with Gasteiger partial charge in [-0.05, 0) is 54.2 Å². The highest BCUT2D eigenvalue weighted by Crippen LogP contribution is 2.26. The van der Waals surface area contributed by atoms with Crippen LogP contribution in [-0.4, -0.2) is 59.7 Å². The summed E-state index contributed by atoms with van der Waals surface area (Å²) in [5.41, 5.74) is 2.86. The summed E-state index contributed by atoms with van der Waals surface area (Å²) in [7, 11) is 0. The van der Waals surface area contributed by atoms with E-state index in [1.54, 1.807) is 6.92 Å². The molecule has 1 aliphatic carbocycles. The quantitative estimate of drug-likeness (QED) is 0.433. The van der Waals surface area contributed by atoms with Crippen molar-refractivity contribution in [1.82, 2.24) is 15.1 Å². The molecule has 1 saturated carbocycles. The third-order valence-corrected chi connectivity index (χ3v) is 8.05. The van der Waals surface area contributed by atoms with E-state index in [1.807, 2.05) is 47.4 Å². The molecule has 1 atom stereocenters. The van der Waals surface area contributed by atoms with Crippen LogP contribution in [0.4, 0.5) is 5.69 Å². The number of nitrogens with zero attached hydrogens (tertiary/aromatic N) is 2. The molecular formula is C31H41ClN4O3. The molecule has 4 rings (SSSR count). The highest BCUT2D eigenvalue weighted by molar-refractivity contribution is 6.30. The number of piperazine rings is 1. The lowest BCUT2D eigenvalue weighted by molar-refractivity contribution is -0.138. The number of hydrogen-bond donors (Lipinski definition) is 2. The first-order valence-corrected chi connectivity index (χ1v) is 14.7. The largest absolute Gasteiger partial charge is 0.344 e. The van der Waals surface area contributed by atoms with Crippen LogP contribution in [0.25, 0.3) is 0 Å². The standard InChI is InChI=1S/C31H41ClN4O3/c1-2-29(37)34-28(31(39)36-17-15-35(16-18-36)22-25-9-6-10-26(32)19-25)20-24-11-13-27(14-12-24)33-30(38)21-23-7-4-3-5-8-23/h6,9-14,19,23,28H,2-5,7-8,15-18,20-22H2,1H3,(H,33,38)(H,34,37)/t28-/m1/s1. The molecule has 210 valence electrons. The zero-order chi connectivity index (χ0) is 27.6. The maximum Gasteiger partial charge on any atom is 0.245 e. The Kier molecular flexibility index (Phi) is 10.8. The number of hydrogen-bond acceptors (Lipinski definition) is 4. The molecule has 2 aromatic rings. The molecule has 7 nitrogen and oxygen atoms in total. The third kappa shape index (κ3) is 9.07. The lowest BCUT2D eigenvalue weighted by atomic mass is 9.87. The first-order chi connectivity index (χ1) is 18.9. The van der Waals surface area contributed by atoms with Crippen molar-refractivity contribution in [1.29, 1.82) is 0 Å². The van der Waals surface area contributed by atoms with Crippen molar-refractivity contribution in [2.75, 3.05) is 31.5 Å². The monoisotopic (exact) mass is 552 g/mol. The van der Waals surface area contributed by atoms with Gasteiger partial charge in [0, 0.05) is 62.7 Å². The van der Waals surface area contributed by atoms with E-state index in [1.165, 1.54) is 19.3 Å². The summed E-state index contributed by atoms with van der Waals surface area (Å²) in [6.45, 7) is 5.34. The van der Waals surface area contributed by atoms with Crippen molar-refractivity contribution < 1.29 is 14.4 Å². The Morgan fingerprint density at radius 2 is 1.64 bits per heavy atom. The van der Waals surface area contributed by atoms with Crippen LogP contribution in [0.1, 0.15) is 63.0 Å².